The molecule has 2 aromatic carbocycles. The van der Waals surface area contributed by atoms with Gasteiger partial charge in [0.1, 0.15) is 17.2 Å². The fourth-order valence-electron chi connectivity index (χ4n) is 2.46. The average molecular weight is 435 g/mol. The van der Waals surface area contributed by atoms with Gasteiger partial charge in [0.05, 0.1) is 10.6 Å². The van der Waals surface area contributed by atoms with Crippen molar-refractivity contribution in [3.63, 3.8) is 0 Å². The number of aromatic hydroxyl groups is 1. The number of amides is 2. The smallest absolute Gasteiger partial charge is 0.394 e. The first kappa shape index (κ1) is 23.0. The third-order valence-corrected chi connectivity index (χ3v) is 4.73. The molecule has 0 aliphatic heterocycles. The number of hydrogen-bond acceptors (Lipinski definition) is 5. The van der Waals surface area contributed by atoms with Crippen LogP contribution in [0.15, 0.2) is 30.3 Å². The number of phenolic OH excluding ortho intramolecular Hbond substituents is 1. The molecule has 9 heteroatoms. The predicted molar refractivity (Wildman–Crippen MR) is 112 cm³/mol. The molecule has 0 saturated carbocycles. The molecule has 2 rings (SSSR count). The van der Waals surface area contributed by atoms with Crippen LogP contribution in [0.3, 0.4) is 0 Å². The molecule has 0 radical (unpaired) electrons. The van der Waals surface area contributed by atoms with Gasteiger partial charge in [-0.15, -0.1) is 0 Å². The van der Waals surface area contributed by atoms with Crippen LogP contribution in [-0.2, 0) is 9.59 Å². The molecule has 0 unspecified atom stereocenters. The maximum atomic E-state index is 12.5. The summed E-state index contributed by atoms with van der Waals surface area (Å²) in [5, 5.41) is 24.0. The Labute approximate surface area is 178 Å². The number of aryl methyl sites for hydroxylation is 1. The van der Waals surface area contributed by atoms with Gasteiger partial charge in [0, 0.05) is 11.2 Å². The minimum Gasteiger partial charge on any atom is -0.507 e. The molecule has 0 spiro atoms. The molecule has 0 bridgehead atoms. The largest absolute Gasteiger partial charge is 0.507 e. The summed E-state index contributed by atoms with van der Waals surface area (Å²) in [5.74, 6) is -2.93. The molecule has 0 fully saturated rings. The first-order valence-corrected chi connectivity index (χ1v) is 9.49. The summed E-state index contributed by atoms with van der Waals surface area (Å²) in [5.41, 5.74) is 0.323. The van der Waals surface area contributed by atoms with Crippen molar-refractivity contribution in [2.24, 2.45) is 0 Å². The van der Waals surface area contributed by atoms with Crippen molar-refractivity contribution in [1.82, 2.24) is 5.32 Å². The zero-order chi connectivity index (χ0) is 22.6. The lowest BCUT2D eigenvalue weighted by molar-refractivity contribution is -0.147. The van der Waals surface area contributed by atoms with Gasteiger partial charge in [-0.2, -0.15) is 0 Å². The van der Waals surface area contributed by atoms with E-state index in [-0.39, 0.29) is 33.5 Å². The van der Waals surface area contributed by atoms with Gasteiger partial charge in [-0.25, -0.2) is 4.79 Å². The molecule has 8 nitrogen and oxygen atoms in total. The van der Waals surface area contributed by atoms with Crippen LogP contribution < -0.4 is 15.4 Å². The van der Waals surface area contributed by atoms with Crippen molar-refractivity contribution in [2.45, 2.75) is 39.7 Å². The highest BCUT2D eigenvalue weighted by molar-refractivity contribution is 6.37. The average Bonchev–Trinajstić information content (AvgIpc) is 2.65. The summed E-state index contributed by atoms with van der Waals surface area (Å²) in [7, 11) is 0. The van der Waals surface area contributed by atoms with Crippen LogP contribution in [0.25, 0.3) is 0 Å². The topological polar surface area (TPSA) is 125 Å². The van der Waals surface area contributed by atoms with Crippen LogP contribution in [0.1, 0.15) is 43.1 Å². The number of ether oxygens (including phenoxy) is 1. The van der Waals surface area contributed by atoms with E-state index < -0.39 is 23.3 Å². The first-order valence-electron chi connectivity index (χ1n) is 9.11. The number of nitrogens with one attached hydrogen (secondary N) is 2. The van der Waals surface area contributed by atoms with Gasteiger partial charge in [0.25, 0.3) is 5.91 Å². The number of carbonyl (C=O) groups is 3. The second-order valence-corrected chi connectivity index (χ2v) is 7.74. The summed E-state index contributed by atoms with van der Waals surface area (Å²) >= 11 is 6.23. The van der Waals surface area contributed by atoms with Crippen LogP contribution in [0.5, 0.6) is 17.2 Å². The minimum absolute atomic E-state index is 0.0492. The zero-order valence-electron chi connectivity index (χ0n) is 17.0. The molecule has 30 heavy (non-hydrogen) atoms. The molecular weight excluding hydrogens is 412 g/mol. The summed E-state index contributed by atoms with van der Waals surface area (Å²) < 4.78 is 5.80. The lowest BCUT2D eigenvalue weighted by Crippen LogP contribution is -2.42. The molecule has 0 heterocycles. The number of carbonyl (C=O) groups excluding carboxylic acids is 2. The normalized spacial score (nSPS) is 11.0. The predicted octanol–water partition coefficient (Wildman–Crippen LogP) is 4.09. The van der Waals surface area contributed by atoms with E-state index >= 15 is 0 Å². The quantitative estimate of drug-likeness (QED) is 0.507. The third-order valence-electron chi connectivity index (χ3n) is 4.45. The molecule has 160 valence electrons. The highest BCUT2D eigenvalue weighted by Crippen LogP contribution is 2.36. The molecule has 0 aliphatic carbocycles. The minimum atomic E-state index is -1.62. The van der Waals surface area contributed by atoms with Gasteiger partial charge < -0.3 is 25.6 Å². The Morgan fingerprint density at radius 2 is 1.83 bits per heavy atom. The van der Waals surface area contributed by atoms with Gasteiger partial charge in [-0.3, -0.25) is 9.59 Å². The second-order valence-electron chi connectivity index (χ2n) is 7.34. The molecule has 4 N–H and O–H groups in total. The van der Waals surface area contributed by atoms with E-state index in [1.165, 1.54) is 30.3 Å². The number of aliphatic carboxylic acids is 1. The molecule has 0 atom stereocenters. The fourth-order valence-corrected chi connectivity index (χ4v) is 2.76. The van der Waals surface area contributed by atoms with Crippen LogP contribution in [0.4, 0.5) is 5.69 Å². The summed E-state index contributed by atoms with van der Waals surface area (Å²) in [6, 6.07) is 7.06. The van der Waals surface area contributed by atoms with Crippen molar-refractivity contribution in [3.8, 4) is 17.2 Å². The monoisotopic (exact) mass is 434 g/mol. The van der Waals surface area contributed by atoms with Crippen molar-refractivity contribution in [2.75, 3.05) is 5.32 Å². The molecule has 0 aromatic heterocycles. The number of benzene rings is 2. The van der Waals surface area contributed by atoms with Crippen LogP contribution in [0, 0.1) is 6.92 Å². The first-order chi connectivity index (χ1) is 13.9. The number of hydrogen-bond donors (Lipinski definition) is 4. The van der Waals surface area contributed by atoms with Crippen molar-refractivity contribution >= 4 is 35.1 Å². The van der Waals surface area contributed by atoms with Crippen molar-refractivity contribution < 1.29 is 29.3 Å². The Balaban J connectivity index is 2.29. The van der Waals surface area contributed by atoms with Gasteiger partial charge in [-0.1, -0.05) is 18.5 Å². The van der Waals surface area contributed by atoms with E-state index in [4.69, 9.17) is 21.4 Å². The number of phenols is 1. The lowest BCUT2D eigenvalue weighted by Gasteiger charge is -2.24. The van der Waals surface area contributed by atoms with Crippen LogP contribution >= 0.6 is 11.6 Å². The van der Waals surface area contributed by atoms with E-state index in [1.54, 1.807) is 6.92 Å². The van der Waals surface area contributed by atoms with Crippen molar-refractivity contribution in [1.29, 1.82) is 0 Å². The Bertz CT molecular complexity index is 980. The highest BCUT2D eigenvalue weighted by Gasteiger charge is 2.22. The Morgan fingerprint density at radius 3 is 2.40 bits per heavy atom. The standard InChI is InChI=1S/C21H23ClN2O6/c1-5-21(3,4)24-18(26)14-10-13(6-7-16(14)25)30-17-11(2)8-12(9-15(17)22)23-19(27)20(28)29/h6-10,25H,5H2,1-4H3,(H,23,27)(H,24,26)(H,28,29). The maximum absolute atomic E-state index is 12.5. The van der Waals surface area contributed by atoms with E-state index in [0.717, 1.165) is 0 Å². The molecule has 2 aromatic rings. The third kappa shape index (κ3) is 5.64. The number of rotatable bonds is 6. The second kappa shape index (κ2) is 9.04. The number of carboxylic acid groups (broad SMARTS) is 1. The maximum Gasteiger partial charge on any atom is 0.394 e. The van der Waals surface area contributed by atoms with Gasteiger partial charge in [0.2, 0.25) is 0 Å². The molecular formula is C21H23ClN2O6. The Morgan fingerprint density at radius 1 is 1.17 bits per heavy atom. The fraction of sp³-hybridized carbons (Fsp3) is 0.286. The van der Waals surface area contributed by atoms with Gasteiger partial charge in [-0.05, 0) is 63.1 Å². The molecule has 0 saturated heterocycles. The summed E-state index contributed by atoms with van der Waals surface area (Å²) in [6.45, 7) is 7.34. The summed E-state index contributed by atoms with van der Waals surface area (Å²) in [4.78, 5) is 34.5. The number of anilines is 1. The zero-order valence-corrected chi connectivity index (χ0v) is 17.8. The Hall–Kier alpha value is -3.26. The van der Waals surface area contributed by atoms with E-state index in [2.05, 4.69) is 10.6 Å². The summed E-state index contributed by atoms with van der Waals surface area (Å²) in [6.07, 6.45) is 0.704. The highest BCUT2D eigenvalue weighted by atomic mass is 35.5. The van der Waals surface area contributed by atoms with Crippen LogP contribution in [0.2, 0.25) is 5.02 Å². The van der Waals surface area contributed by atoms with E-state index in [9.17, 15) is 19.5 Å². The number of carboxylic acids is 1. The van der Waals surface area contributed by atoms with Crippen molar-refractivity contribution in [3.05, 3.63) is 46.5 Å². The Kier molecular flexibility index (Phi) is 6.94. The molecule has 2 amide bonds. The van der Waals surface area contributed by atoms with E-state index in [1.807, 2.05) is 20.8 Å². The number of halogens is 1. The lowest BCUT2D eigenvalue weighted by atomic mass is 10.0. The van der Waals surface area contributed by atoms with Crippen LogP contribution in [-0.4, -0.2) is 33.5 Å². The molecule has 0 aliphatic rings. The van der Waals surface area contributed by atoms with E-state index in [0.29, 0.717) is 12.0 Å². The SMILES string of the molecule is CCC(C)(C)NC(=O)c1cc(Oc2c(C)cc(NC(=O)C(=O)O)cc2Cl)ccc1O. The van der Waals surface area contributed by atoms with Gasteiger partial charge >= 0.3 is 11.9 Å². The van der Waals surface area contributed by atoms with Gasteiger partial charge in [0.15, 0.2) is 0 Å².